The van der Waals surface area contributed by atoms with Gasteiger partial charge in [0, 0.05) is 43.5 Å². The molecule has 8 heteroatoms. The van der Waals surface area contributed by atoms with E-state index in [1.165, 1.54) is 12.1 Å². The van der Waals surface area contributed by atoms with Crippen LogP contribution < -0.4 is 21.5 Å². The van der Waals surface area contributed by atoms with E-state index in [1.807, 2.05) is 31.3 Å². The lowest BCUT2D eigenvalue weighted by molar-refractivity contribution is 0.448. The van der Waals surface area contributed by atoms with Crippen molar-refractivity contribution in [1.29, 1.82) is 0 Å². The third-order valence-corrected chi connectivity index (χ3v) is 6.14. The van der Waals surface area contributed by atoms with Gasteiger partial charge in [0.2, 0.25) is 0 Å². The summed E-state index contributed by atoms with van der Waals surface area (Å²) in [5.41, 5.74) is 17.6. The van der Waals surface area contributed by atoms with Gasteiger partial charge in [-0.3, -0.25) is 9.71 Å². The van der Waals surface area contributed by atoms with Crippen LogP contribution in [-0.4, -0.2) is 24.3 Å². The molecule has 0 aliphatic heterocycles. The Labute approximate surface area is 206 Å². The van der Waals surface area contributed by atoms with Crippen molar-refractivity contribution in [1.82, 2.24) is 15.0 Å². The van der Waals surface area contributed by atoms with Crippen LogP contribution in [-0.2, 0) is 0 Å². The molecule has 1 aliphatic carbocycles. The maximum absolute atomic E-state index is 13.4. The van der Waals surface area contributed by atoms with E-state index in [1.54, 1.807) is 30.7 Å². The molecule has 1 atom stereocenters. The van der Waals surface area contributed by atoms with Gasteiger partial charge in [-0.1, -0.05) is 31.0 Å². The zero-order valence-electron chi connectivity index (χ0n) is 19.3. The number of hydrogen-bond donors (Lipinski definition) is 5. The zero-order chi connectivity index (χ0) is 24.6. The minimum atomic E-state index is -0.566. The highest BCUT2D eigenvalue weighted by atomic mass is 32.1. The molecule has 6 N–H and O–H groups in total. The smallest absolute Gasteiger partial charge is 0.123 e. The first kappa shape index (κ1) is 25.3. The van der Waals surface area contributed by atoms with Crippen LogP contribution in [0.4, 0.5) is 10.1 Å². The largest absolute Gasteiger partial charge is 0.404 e. The molecule has 1 aromatic carbocycles. The Morgan fingerprint density at radius 2 is 2.06 bits per heavy atom. The first-order valence-corrected chi connectivity index (χ1v) is 11.4. The lowest BCUT2D eigenvalue weighted by Gasteiger charge is -2.42. The summed E-state index contributed by atoms with van der Waals surface area (Å²) in [6, 6.07) is 11.8. The Kier molecular flexibility index (Phi) is 8.67. The summed E-state index contributed by atoms with van der Waals surface area (Å²) in [4.78, 5) is 9.33. The third kappa shape index (κ3) is 5.76. The summed E-state index contributed by atoms with van der Waals surface area (Å²) in [7, 11) is 1.81. The molecule has 178 valence electrons. The maximum atomic E-state index is 13.4. The van der Waals surface area contributed by atoms with Crippen LogP contribution >= 0.6 is 12.8 Å². The highest BCUT2D eigenvalue weighted by Crippen LogP contribution is 2.52. The Morgan fingerprint density at radius 3 is 2.68 bits per heavy atom. The SMILES string of the molecule is C=C(c1ccccn1)C1(C/C(N)=C/NC)CC(=CN)C(=Nc2ccc(F)cc2)C=C1CCNS. The molecule has 0 amide bonds. The van der Waals surface area contributed by atoms with Gasteiger partial charge in [-0.05, 0) is 72.7 Å². The summed E-state index contributed by atoms with van der Waals surface area (Å²) < 4.78 is 16.3. The van der Waals surface area contributed by atoms with Crippen LogP contribution in [0.3, 0.4) is 0 Å². The highest BCUT2D eigenvalue weighted by molar-refractivity contribution is 7.78. The second kappa shape index (κ2) is 11.7. The van der Waals surface area contributed by atoms with Crippen molar-refractivity contribution in [2.75, 3.05) is 13.6 Å². The Hall–Kier alpha value is -3.36. The number of benzene rings is 1. The molecule has 0 bridgehead atoms. The van der Waals surface area contributed by atoms with Gasteiger partial charge < -0.3 is 16.8 Å². The Bertz CT molecular complexity index is 1120. The second-order valence-electron chi connectivity index (χ2n) is 8.13. The average molecular weight is 479 g/mol. The van der Waals surface area contributed by atoms with Crippen molar-refractivity contribution >= 4 is 29.8 Å². The van der Waals surface area contributed by atoms with E-state index in [0.29, 0.717) is 37.2 Å². The Morgan fingerprint density at radius 1 is 1.29 bits per heavy atom. The van der Waals surface area contributed by atoms with Gasteiger partial charge >= 0.3 is 0 Å². The number of pyridine rings is 1. The van der Waals surface area contributed by atoms with E-state index < -0.39 is 5.41 Å². The van der Waals surface area contributed by atoms with Gasteiger partial charge in [0.1, 0.15) is 5.82 Å². The maximum Gasteiger partial charge on any atom is 0.123 e. The van der Waals surface area contributed by atoms with Gasteiger partial charge in [-0.15, -0.1) is 0 Å². The third-order valence-electron chi connectivity index (χ3n) is 5.92. The molecular weight excluding hydrogens is 447 g/mol. The van der Waals surface area contributed by atoms with Gasteiger partial charge in [-0.25, -0.2) is 9.38 Å². The summed E-state index contributed by atoms with van der Waals surface area (Å²) in [5.74, 6) is -0.309. The van der Waals surface area contributed by atoms with E-state index in [-0.39, 0.29) is 5.82 Å². The molecule has 34 heavy (non-hydrogen) atoms. The second-order valence-corrected chi connectivity index (χ2v) is 8.45. The first-order chi connectivity index (χ1) is 16.4. The molecular formula is C26H31FN6S. The van der Waals surface area contributed by atoms with Crippen LogP contribution in [0.5, 0.6) is 0 Å². The fraction of sp³-hybridized carbons (Fsp3) is 0.231. The summed E-state index contributed by atoms with van der Waals surface area (Å²) in [5, 5.41) is 3.01. The lowest BCUT2D eigenvalue weighted by Crippen LogP contribution is -2.34. The lowest BCUT2D eigenvalue weighted by atomic mass is 9.62. The molecule has 1 aromatic heterocycles. The van der Waals surface area contributed by atoms with Crippen molar-refractivity contribution in [2.45, 2.75) is 19.3 Å². The standard InChI is InChI=1S/C26H31FN6S/c1-18(24-5-3-4-11-31-24)26(15-22(29)17-30-2)14-19(16-28)25(13-20(26)10-12-32-34)33-23-8-6-21(27)7-9-23/h3-9,11,13,16-17,30,32,34H,1,10,12,14-15,28-29H2,2H3/b19-16?,22-17-,33-25?. The Balaban J connectivity index is 2.20. The van der Waals surface area contributed by atoms with Crippen LogP contribution in [0.1, 0.15) is 25.0 Å². The summed E-state index contributed by atoms with van der Waals surface area (Å²) >= 11 is 4.20. The van der Waals surface area contributed by atoms with Crippen LogP contribution in [0, 0.1) is 11.2 Å². The molecule has 0 spiro atoms. The number of hydrogen-bond acceptors (Lipinski definition) is 7. The molecule has 1 aliphatic rings. The van der Waals surface area contributed by atoms with Crippen molar-refractivity contribution in [3.05, 3.63) is 102 Å². The number of aromatic nitrogens is 1. The number of nitrogens with zero attached hydrogens (tertiary/aromatic N) is 2. The van der Waals surface area contributed by atoms with E-state index in [4.69, 9.17) is 16.5 Å². The topological polar surface area (TPSA) is 101 Å². The normalized spacial score (nSPS) is 20.9. The number of nitrogens with two attached hydrogens (primary N) is 2. The summed E-state index contributed by atoms with van der Waals surface area (Å²) in [6.45, 7) is 5.12. The average Bonchev–Trinajstić information content (AvgIpc) is 2.85. The molecule has 2 aromatic rings. The number of allylic oxidation sites excluding steroid dienone is 4. The van der Waals surface area contributed by atoms with Crippen molar-refractivity contribution in [3.63, 3.8) is 0 Å². The number of aliphatic imine (C=N–C) groups is 1. The number of halogens is 1. The minimum absolute atomic E-state index is 0.309. The van der Waals surface area contributed by atoms with Crippen LogP contribution in [0.25, 0.3) is 5.57 Å². The van der Waals surface area contributed by atoms with Gasteiger partial charge in [-0.2, -0.15) is 0 Å². The predicted octanol–water partition coefficient (Wildman–Crippen LogP) is 4.40. The van der Waals surface area contributed by atoms with Gasteiger partial charge in [0.05, 0.1) is 17.1 Å². The molecule has 0 radical (unpaired) electrons. The zero-order valence-corrected chi connectivity index (χ0v) is 20.2. The van der Waals surface area contributed by atoms with Gasteiger partial charge in [0.25, 0.3) is 0 Å². The highest BCUT2D eigenvalue weighted by Gasteiger charge is 2.42. The monoisotopic (exact) mass is 478 g/mol. The number of thiol groups is 1. The molecule has 3 rings (SSSR count). The quantitative estimate of drug-likeness (QED) is 0.344. The van der Waals surface area contributed by atoms with Crippen molar-refractivity contribution in [2.24, 2.45) is 21.9 Å². The fourth-order valence-corrected chi connectivity index (χ4v) is 4.40. The van der Waals surface area contributed by atoms with E-state index in [2.05, 4.69) is 34.4 Å². The number of nitrogens with one attached hydrogen (secondary N) is 2. The molecule has 0 saturated carbocycles. The van der Waals surface area contributed by atoms with E-state index in [0.717, 1.165) is 28.1 Å². The van der Waals surface area contributed by atoms with E-state index in [9.17, 15) is 4.39 Å². The van der Waals surface area contributed by atoms with Crippen LogP contribution in [0.15, 0.2) is 95.6 Å². The first-order valence-electron chi connectivity index (χ1n) is 11.0. The van der Waals surface area contributed by atoms with Crippen LogP contribution in [0.2, 0.25) is 0 Å². The predicted molar refractivity (Wildman–Crippen MR) is 142 cm³/mol. The fourth-order valence-electron chi connectivity index (χ4n) is 4.28. The molecule has 1 heterocycles. The molecule has 0 fully saturated rings. The minimum Gasteiger partial charge on any atom is -0.404 e. The van der Waals surface area contributed by atoms with E-state index >= 15 is 0 Å². The van der Waals surface area contributed by atoms with Crippen molar-refractivity contribution in [3.8, 4) is 0 Å². The molecule has 1 unspecified atom stereocenters. The van der Waals surface area contributed by atoms with Crippen molar-refractivity contribution < 1.29 is 4.39 Å². The van der Waals surface area contributed by atoms with Gasteiger partial charge in [0.15, 0.2) is 0 Å². The number of rotatable bonds is 9. The summed E-state index contributed by atoms with van der Waals surface area (Å²) in [6.07, 6.45) is 8.89. The molecule has 0 saturated heterocycles. The molecule has 6 nitrogen and oxygen atoms in total.